The Morgan fingerprint density at radius 3 is 3.00 bits per heavy atom. The van der Waals surface area contributed by atoms with E-state index in [0.717, 1.165) is 10.9 Å². The second kappa shape index (κ2) is 6.40. The molecule has 0 saturated heterocycles. The Labute approximate surface area is 129 Å². The second-order valence-electron chi connectivity index (χ2n) is 4.06. The molecule has 100 valence electrons. The highest BCUT2D eigenvalue weighted by molar-refractivity contribution is 14.1. The molecule has 2 aromatic rings. The highest BCUT2D eigenvalue weighted by Crippen LogP contribution is 2.25. The van der Waals surface area contributed by atoms with Gasteiger partial charge in [-0.05, 0) is 25.1 Å². The molecule has 1 aromatic carbocycles. The molecule has 0 unspecified atom stereocenters. The first-order valence-electron chi connectivity index (χ1n) is 5.51. The van der Waals surface area contributed by atoms with Crippen molar-refractivity contribution in [3.63, 3.8) is 0 Å². The number of aromatic nitrogens is 1. The van der Waals surface area contributed by atoms with Gasteiger partial charge in [0, 0.05) is 23.0 Å². The predicted molar refractivity (Wildman–Crippen MR) is 86.7 cm³/mol. The maximum Gasteiger partial charge on any atom is 0.230 e. The summed E-state index contributed by atoms with van der Waals surface area (Å²) < 4.78 is 6.88. The number of carbonyl (C=O) groups is 1. The monoisotopic (exact) mass is 389 g/mol. The van der Waals surface area contributed by atoms with Crippen molar-refractivity contribution < 1.29 is 7.31 Å². The third-order valence-electron chi connectivity index (χ3n) is 2.48. The van der Waals surface area contributed by atoms with Crippen molar-refractivity contribution in [2.45, 2.75) is 13.3 Å². The molecule has 5 nitrogen and oxygen atoms in total. The van der Waals surface area contributed by atoms with Crippen molar-refractivity contribution >= 4 is 63.4 Å². The number of hydrogen-bond donors (Lipinski definition) is 2. The zero-order valence-electron chi connectivity index (χ0n) is 10.1. The normalized spacial score (nSPS) is 10.6. The van der Waals surface area contributed by atoms with Crippen LogP contribution in [0.1, 0.15) is 13.3 Å². The molecule has 0 spiro atoms. The number of hydrogen-bond acceptors (Lipinski definition) is 4. The van der Waals surface area contributed by atoms with Crippen molar-refractivity contribution in [2.75, 3.05) is 5.32 Å². The Kier molecular flexibility index (Phi) is 4.83. The third-order valence-corrected chi connectivity index (χ3v) is 3.49. The minimum atomic E-state index is -0.178. The Balaban J connectivity index is 2.22. The molecule has 0 fully saturated rings. The summed E-state index contributed by atoms with van der Waals surface area (Å²) in [6.45, 7) is 1.61. The van der Waals surface area contributed by atoms with Gasteiger partial charge in [0.05, 0.1) is 11.9 Å². The molecule has 2 N–H and O–H groups in total. The van der Waals surface area contributed by atoms with Gasteiger partial charge in [0.25, 0.3) is 0 Å². The summed E-state index contributed by atoms with van der Waals surface area (Å²) in [4.78, 5) is 11.6. The number of anilines is 1. The van der Waals surface area contributed by atoms with Crippen LogP contribution in [0.15, 0.2) is 30.5 Å². The van der Waals surface area contributed by atoms with Gasteiger partial charge in [-0.3, -0.25) is 8.77 Å². The van der Waals surface area contributed by atoms with Crippen molar-refractivity contribution in [1.82, 2.24) is 3.97 Å². The van der Waals surface area contributed by atoms with Gasteiger partial charge in [-0.1, -0.05) is 6.07 Å². The van der Waals surface area contributed by atoms with Crippen LogP contribution in [0.5, 0.6) is 0 Å². The van der Waals surface area contributed by atoms with Crippen LogP contribution in [-0.2, 0) is 7.31 Å². The van der Waals surface area contributed by atoms with Gasteiger partial charge < -0.3 is 10.7 Å². The summed E-state index contributed by atoms with van der Waals surface area (Å²) in [7, 11) is 0. The fraction of sp³-hybridized carbons (Fsp3) is 0.167. The Morgan fingerprint density at radius 1 is 1.53 bits per heavy atom. The van der Waals surface area contributed by atoms with Gasteiger partial charge >= 0.3 is 0 Å². The van der Waals surface area contributed by atoms with Crippen LogP contribution in [0, 0.1) is 5.41 Å². The zero-order valence-corrected chi connectivity index (χ0v) is 13.1. The SMILES string of the molecule is CC(=N)CC(=O)Nc1ccc2ccn(SOI)c2c1. The molecular weight excluding hydrogens is 377 g/mol. The zero-order chi connectivity index (χ0) is 13.8. The van der Waals surface area contributed by atoms with Gasteiger partial charge in [0.2, 0.25) is 5.91 Å². The minimum Gasteiger partial charge on any atom is -0.326 e. The van der Waals surface area contributed by atoms with Crippen LogP contribution in [0.25, 0.3) is 10.9 Å². The molecule has 1 amide bonds. The third kappa shape index (κ3) is 3.71. The van der Waals surface area contributed by atoms with E-state index in [1.54, 1.807) is 6.92 Å². The maximum absolute atomic E-state index is 11.6. The quantitative estimate of drug-likeness (QED) is 0.465. The van der Waals surface area contributed by atoms with E-state index in [0.29, 0.717) is 11.4 Å². The molecule has 0 aliphatic rings. The number of nitrogens with zero attached hydrogens (tertiary/aromatic N) is 1. The fourth-order valence-electron chi connectivity index (χ4n) is 1.72. The molecule has 19 heavy (non-hydrogen) atoms. The van der Waals surface area contributed by atoms with Gasteiger partial charge in [-0.2, -0.15) is 0 Å². The fourth-order valence-corrected chi connectivity index (χ4v) is 2.65. The van der Waals surface area contributed by atoms with Crippen LogP contribution in [0.2, 0.25) is 0 Å². The molecular formula is C12H12IN3O2S. The van der Waals surface area contributed by atoms with Crippen LogP contribution in [0.4, 0.5) is 5.69 Å². The van der Waals surface area contributed by atoms with Crippen molar-refractivity contribution in [2.24, 2.45) is 0 Å². The number of benzene rings is 1. The summed E-state index contributed by atoms with van der Waals surface area (Å²) in [6.07, 6.45) is 2.02. The lowest BCUT2D eigenvalue weighted by atomic mass is 10.2. The molecule has 0 radical (unpaired) electrons. The number of fused-ring (bicyclic) bond motifs is 1. The van der Waals surface area contributed by atoms with E-state index in [2.05, 4.69) is 5.32 Å². The summed E-state index contributed by atoms with van der Waals surface area (Å²) in [6, 6.07) is 7.65. The highest BCUT2D eigenvalue weighted by Gasteiger charge is 2.06. The van der Waals surface area contributed by atoms with Crippen LogP contribution in [-0.4, -0.2) is 15.6 Å². The molecule has 0 atom stereocenters. The molecule has 2 rings (SSSR count). The largest absolute Gasteiger partial charge is 0.326 e. The van der Waals surface area contributed by atoms with E-state index in [1.807, 2.05) is 57.4 Å². The first-order chi connectivity index (χ1) is 9.10. The average molecular weight is 389 g/mol. The Hall–Kier alpha value is -1.06. The van der Waals surface area contributed by atoms with Crippen molar-refractivity contribution in [3.05, 3.63) is 30.5 Å². The highest BCUT2D eigenvalue weighted by atomic mass is 127. The first kappa shape index (κ1) is 14.4. The molecule has 7 heteroatoms. The molecule has 1 heterocycles. The van der Waals surface area contributed by atoms with Crippen LogP contribution in [0.3, 0.4) is 0 Å². The van der Waals surface area contributed by atoms with Gasteiger partial charge in [0.15, 0.2) is 0 Å². The van der Waals surface area contributed by atoms with E-state index in [-0.39, 0.29) is 12.3 Å². The second-order valence-corrected chi connectivity index (χ2v) is 5.81. The van der Waals surface area contributed by atoms with E-state index < -0.39 is 0 Å². The number of halogens is 1. The Morgan fingerprint density at radius 2 is 2.32 bits per heavy atom. The summed E-state index contributed by atoms with van der Waals surface area (Å²) in [5.41, 5.74) is 2.02. The van der Waals surface area contributed by atoms with Crippen molar-refractivity contribution in [1.29, 1.82) is 5.41 Å². The number of nitrogens with one attached hydrogen (secondary N) is 2. The molecule has 1 aromatic heterocycles. The van der Waals surface area contributed by atoms with Crippen molar-refractivity contribution in [3.8, 4) is 0 Å². The molecule has 0 bridgehead atoms. The van der Waals surface area contributed by atoms with Gasteiger partial charge in [-0.25, -0.2) is 2.51 Å². The Bertz CT molecular complexity index is 626. The standard InChI is InChI=1S/C12H12IN3O2S/c1-8(14)6-12(17)15-10-3-2-9-4-5-16(19-18-13)11(9)7-10/h2-5,7,14H,6H2,1H3,(H,15,17). The summed E-state index contributed by atoms with van der Waals surface area (Å²) in [5, 5.41) is 11.2. The molecule has 0 aliphatic heterocycles. The number of rotatable bonds is 5. The van der Waals surface area contributed by atoms with E-state index >= 15 is 0 Å². The average Bonchev–Trinajstić information content (AvgIpc) is 2.71. The molecule has 0 saturated carbocycles. The topological polar surface area (TPSA) is 67.1 Å². The number of amides is 1. The lowest BCUT2D eigenvalue weighted by Crippen LogP contribution is -2.14. The number of carbonyl (C=O) groups excluding carboxylic acids is 1. The maximum atomic E-state index is 11.6. The van der Waals surface area contributed by atoms with Crippen LogP contribution >= 0.6 is 35.2 Å². The van der Waals surface area contributed by atoms with E-state index in [1.165, 1.54) is 12.2 Å². The first-order valence-corrected chi connectivity index (χ1v) is 7.09. The summed E-state index contributed by atoms with van der Waals surface area (Å²) >= 11 is 3.02. The van der Waals surface area contributed by atoms with Gasteiger partial charge in [-0.15, -0.1) is 0 Å². The van der Waals surface area contributed by atoms with Crippen LogP contribution < -0.4 is 5.32 Å². The smallest absolute Gasteiger partial charge is 0.230 e. The van der Waals surface area contributed by atoms with E-state index in [9.17, 15) is 4.79 Å². The minimum absolute atomic E-state index is 0.116. The van der Waals surface area contributed by atoms with Gasteiger partial charge in [0.1, 0.15) is 35.2 Å². The van der Waals surface area contributed by atoms with E-state index in [4.69, 9.17) is 7.92 Å². The predicted octanol–water partition coefficient (Wildman–Crippen LogP) is 3.79. The lowest BCUT2D eigenvalue weighted by molar-refractivity contribution is -0.115. The molecule has 0 aliphatic carbocycles. The summed E-state index contributed by atoms with van der Waals surface area (Å²) in [5.74, 6) is -0.178. The lowest BCUT2D eigenvalue weighted by Gasteiger charge is -2.06.